The third-order valence-corrected chi connectivity index (χ3v) is 4.25. The molecule has 0 saturated heterocycles. The van der Waals surface area contributed by atoms with Crippen LogP contribution in [0.1, 0.15) is 12.8 Å². The van der Waals surface area contributed by atoms with Crippen LogP contribution in [0.4, 0.5) is 13.2 Å². The lowest BCUT2D eigenvalue weighted by Crippen LogP contribution is -2.30. The Labute approximate surface area is 103 Å². The van der Waals surface area contributed by atoms with E-state index < -0.39 is 28.3 Å². The van der Waals surface area contributed by atoms with Gasteiger partial charge in [0.2, 0.25) is 0 Å². The van der Waals surface area contributed by atoms with Crippen LogP contribution in [0.25, 0.3) is 0 Å². The molecule has 1 aliphatic carbocycles. The van der Waals surface area contributed by atoms with E-state index in [1.807, 2.05) is 0 Å². The molecule has 2 rings (SSSR count). The third-order valence-electron chi connectivity index (χ3n) is 2.98. The minimum Gasteiger partial charge on any atom is -0.265 e. The smallest absolute Gasteiger partial charge is 0.265 e. The van der Waals surface area contributed by atoms with Gasteiger partial charge in [-0.3, -0.25) is 4.18 Å². The fourth-order valence-electron chi connectivity index (χ4n) is 1.51. The van der Waals surface area contributed by atoms with Gasteiger partial charge in [-0.25, -0.2) is 0 Å². The van der Waals surface area contributed by atoms with E-state index in [1.165, 1.54) is 24.3 Å². The Bertz CT molecular complexity index is 518. The van der Waals surface area contributed by atoms with Crippen molar-refractivity contribution in [1.29, 1.82) is 0 Å². The Kier molecular flexibility index (Phi) is 3.14. The minimum absolute atomic E-state index is 0.0825. The molecule has 1 aromatic carbocycles. The van der Waals surface area contributed by atoms with Crippen molar-refractivity contribution in [3.63, 3.8) is 0 Å². The molecule has 7 heteroatoms. The van der Waals surface area contributed by atoms with E-state index in [4.69, 9.17) is 0 Å². The van der Waals surface area contributed by atoms with E-state index in [9.17, 15) is 21.6 Å². The molecule has 0 unspecified atom stereocenters. The van der Waals surface area contributed by atoms with Crippen molar-refractivity contribution >= 4 is 10.1 Å². The SMILES string of the molecule is O=S(=O)(OCC1(C(F)(F)F)CC1)c1ccccc1. The highest BCUT2D eigenvalue weighted by Gasteiger charge is 2.63. The highest BCUT2D eigenvalue weighted by molar-refractivity contribution is 7.86. The van der Waals surface area contributed by atoms with Gasteiger partial charge in [-0.2, -0.15) is 21.6 Å². The fourth-order valence-corrected chi connectivity index (χ4v) is 2.51. The van der Waals surface area contributed by atoms with Crippen LogP contribution >= 0.6 is 0 Å². The third kappa shape index (κ3) is 2.51. The molecule has 0 heterocycles. The summed E-state index contributed by atoms with van der Waals surface area (Å²) in [4.78, 5) is -0.136. The molecular weight excluding hydrogens is 269 g/mol. The van der Waals surface area contributed by atoms with Crippen LogP contribution in [-0.4, -0.2) is 21.2 Å². The predicted molar refractivity (Wildman–Crippen MR) is 57.3 cm³/mol. The van der Waals surface area contributed by atoms with Gasteiger partial charge < -0.3 is 0 Å². The highest BCUT2D eigenvalue weighted by atomic mass is 32.2. The first-order valence-electron chi connectivity index (χ1n) is 5.28. The Morgan fingerprint density at radius 2 is 1.72 bits per heavy atom. The second kappa shape index (κ2) is 4.24. The number of hydrogen-bond donors (Lipinski definition) is 0. The molecule has 100 valence electrons. The van der Waals surface area contributed by atoms with E-state index >= 15 is 0 Å². The minimum atomic E-state index is -4.42. The summed E-state index contributed by atoms with van der Waals surface area (Å²) in [5, 5.41) is 0. The summed E-state index contributed by atoms with van der Waals surface area (Å²) in [6.07, 6.45) is -4.58. The number of rotatable bonds is 4. The lowest BCUT2D eigenvalue weighted by atomic mass is 10.1. The van der Waals surface area contributed by atoms with Crippen molar-refractivity contribution in [2.75, 3.05) is 6.61 Å². The number of hydrogen-bond acceptors (Lipinski definition) is 3. The molecule has 0 bridgehead atoms. The first-order valence-corrected chi connectivity index (χ1v) is 6.69. The van der Waals surface area contributed by atoms with Crippen LogP contribution < -0.4 is 0 Å². The largest absolute Gasteiger partial charge is 0.396 e. The van der Waals surface area contributed by atoms with Crippen molar-refractivity contribution in [2.24, 2.45) is 5.41 Å². The summed E-state index contributed by atoms with van der Waals surface area (Å²) in [7, 11) is -4.11. The zero-order chi connectivity index (χ0) is 13.4. The molecule has 0 atom stereocenters. The normalized spacial score (nSPS) is 18.6. The molecule has 18 heavy (non-hydrogen) atoms. The molecule has 0 N–H and O–H groups in total. The quantitative estimate of drug-likeness (QED) is 0.796. The van der Waals surface area contributed by atoms with Crippen molar-refractivity contribution in [1.82, 2.24) is 0 Å². The van der Waals surface area contributed by atoms with Gasteiger partial charge in [0.05, 0.1) is 16.9 Å². The first kappa shape index (κ1) is 13.4. The molecule has 0 aliphatic heterocycles. The summed E-state index contributed by atoms with van der Waals surface area (Å²) < 4.78 is 65.6. The Balaban J connectivity index is 2.08. The zero-order valence-corrected chi connectivity index (χ0v) is 10.1. The van der Waals surface area contributed by atoms with Gasteiger partial charge in [0.15, 0.2) is 0 Å². The number of halogens is 3. The maximum absolute atomic E-state index is 12.6. The number of benzene rings is 1. The van der Waals surface area contributed by atoms with E-state index in [2.05, 4.69) is 4.18 Å². The molecule has 1 saturated carbocycles. The Morgan fingerprint density at radius 3 is 2.17 bits per heavy atom. The average Bonchev–Trinajstić information content (AvgIpc) is 3.08. The Hall–Kier alpha value is -1.08. The molecule has 3 nitrogen and oxygen atoms in total. The van der Waals surface area contributed by atoms with Crippen LogP contribution in [0.5, 0.6) is 0 Å². The van der Waals surface area contributed by atoms with E-state index in [0.29, 0.717) is 0 Å². The van der Waals surface area contributed by atoms with Gasteiger partial charge in [-0.15, -0.1) is 0 Å². The average molecular weight is 280 g/mol. The van der Waals surface area contributed by atoms with Crippen molar-refractivity contribution in [2.45, 2.75) is 23.9 Å². The molecule has 0 spiro atoms. The summed E-state index contributed by atoms with van der Waals surface area (Å²) >= 11 is 0. The van der Waals surface area contributed by atoms with Gasteiger partial charge in [0, 0.05) is 0 Å². The zero-order valence-electron chi connectivity index (χ0n) is 9.27. The van der Waals surface area contributed by atoms with Crippen molar-refractivity contribution in [3.8, 4) is 0 Å². The first-order chi connectivity index (χ1) is 8.27. The molecule has 0 aromatic heterocycles. The molecule has 1 aromatic rings. The van der Waals surface area contributed by atoms with Gasteiger partial charge in [-0.1, -0.05) is 18.2 Å². The Morgan fingerprint density at radius 1 is 1.17 bits per heavy atom. The molecular formula is C11H11F3O3S. The van der Waals surface area contributed by atoms with Crippen molar-refractivity contribution < 1.29 is 25.8 Å². The highest BCUT2D eigenvalue weighted by Crippen LogP contribution is 2.57. The fraction of sp³-hybridized carbons (Fsp3) is 0.455. The van der Waals surface area contributed by atoms with Gasteiger partial charge in [-0.05, 0) is 25.0 Å². The lowest BCUT2D eigenvalue weighted by Gasteiger charge is -2.18. The summed E-state index contributed by atoms with van der Waals surface area (Å²) in [6.45, 7) is -0.840. The van der Waals surface area contributed by atoms with Crippen LogP contribution in [0, 0.1) is 5.41 Å². The van der Waals surface area contributed by atoms with Gasteiger partial charge in [0.1, 0.15) is 0 Å². The molecule has 0 radical (unpaired) electrons. The lowest BCUT2D eigenvalue weighted by molar-refractivity contribution is -0.194. The van der Waals surface area contributed by atoms with E-state index in [1.54, 1.807) is 6.07 Å². The molecule has 1 fully saturated rings. The maximum Gasteiger partial charge on any atom is 0.396 e. The summed E-state index contributed by atoms with van der Waals surface area (Å²) in [5.74, 6) is 0. The maximum atomic E-state index is 12.6. The van der Waals surface area contributed by atoms with Crippen LogP contribution in [0.3, 0.4) is 0 Å². The van der Waals surface area contributed by atoms with Crippen LogP contribution in [0.15, 0.2) is 35.2 Å². The van der Waals surface area contributed by atoms with Gasteiger partial charge in [0.25, 0.3) is 10.1 Å². The second-order valence-electron chi connectivity index (χ2n) is 4.31. The standard InChI is InChI=1S/C11H11F3O3S/c12-11(13,14)10(6-7-10)8-17-18(15,16)9-4-2-1-3-5-9/h1-5H,6-8H2. The van der Waals surface area contributed by atoms with Crippen LogP contribution in [0.2, 0.25) is 0 Å². The van der Waals surface area contributed by atoms with E-state index in [-0.39, 0.29) is 17.7 Å². The van der Waals surface area contributed by atoms with E-state index in [0.717, 1.165) is 0 Å². The number of alkyl halides is 3. The molecule has 0 amide bonds. The summed E-state index contributed by atoms with van der Waals surface area (Å²) in [5.41, 5.74) is -1.98. The van der Waals surface area contributed by atoms with Crippen LogP contribution in [-0.2, 0) is 14.3 Å². The predicted octanol–water partition coefficient (Wildman–Crippen LogP) is 2.73. The summed E-state index contributed by atoms with van der Waals surface area (Å²) in [6, 6.07) is 7.13. The second-order valence-corrected chi connectivity index (χ2v) is 5.92. The van der Waals surface area contributed by atoms with Crippen molar-refractivity contribution in [3.05, 3.63) is 30.3 Å². The monoisotopic (exact) mass is 280 g/mol. The molecule has 1 aliphatic rings. The topological polar surface area (TPSA) is 43.4 Å². The van der Waals surface area contributed by atoms with Gasteiger partial charge >= 0.3 is 6.18 Å².